The van der Waals surface area contributed by atoms with Crippen LogP contribution >= 0.6 is 0 Å². The summed E-state index contributed by atoms with van der Waals surface area (Å²) in [6.07, 6.45) is 6.55. The Morgan fingerprint density at radius 1 is 0.769 bits per heavy atom. The summed E-state index contributed by atoms with van der Waals surface area (Å²) in [5, 5.41) is -0.813. The lowest BCUT2D eigenvalue weighted by Crippen LogP contribution is -2.35. The Kier molecular flexibility index (Phi) is 4.72. The predicted octanol–water partition coefficient (Wildman–Crippen LogP) is 5.10. The monoisotopic (exact) mass is 333 g/mol. The van der Waals surface area contributed by atoms with Gasteiger partial charge < -0.3 is 0 Å². The van der Waals surface area contributed by atoms with Crippen molar-refractivity contribution in [2.24, 2.45) is 5.92 Å². The van der Waals surface area contributed by atoms with Gasteiger partial charge in [-0.1, -0.05) is 91.6 Å². The first kappa shape index (κ1) is 17.1. The molecule has 0 atom stereocenters. The lowest BCUT2D eigenvalue weighted by Gasteiger charge is -2.35. The van der Waals surface area contributed by atoms with Crippen molar-refractivity contribution in [3.05, 3.63) is 78.5 Å². The average Bonchev–Trinajstić information content (AvgIpc) is 3.25. The Morgan fingerprint density at radius 3 is 2.15 bits per heavy atom. The van der Waals surface area contributed by atoms with Gasteiger partial charge in [-0.25, -0.2) is 0 Å². The van der Waals surface area contributed by atoms with Gasteiger partial charge in [0.25, 0.3) is 0 Å². The Morgan fingerprint density at radius 2 is 1.46 bits per heavy atom. The molecule has 0 N–H and O–H groups in total. The molecule has 1 nitrogen and oxygen atoms in total. The van der Waals surface area contributed by atoms with Crippen LogP contribution in [-0.2, 0) is 5.21 Å². The van der Waals surface area contributed by atoms with E-state index in [0.29, 0.717) is 5.92 Å². The molecule has 4 rings (SSSR count). The topological polar surface area (TPSA) is 12.9 Å². The van der Waals surface area contributed by atoms with Gasteiger partial charge in [0.15, 0.2) is 0 Å². The molecule has 124 valence electrons. The highest BCUT2D eigenvalue weighted by Crippen LogP contribution is 2.41. The second-order valence-corrected chi connectivity index (χ2v) is 7.26. The van der Waals surface area contributed by atoms with Crippen LogP contribution in [0.1, 0.15) is 31.2 Å². The van der Waals surface area contributed by atoms with Gasteiger partial charge in [0.1, 0.15) is 0 Å². The van der Waals surface area contributed by atoms with Crippen molar-refractivity contribution in [3.8, 4) is 22.4 Å². The molecule has 1 aromatic heterocycles. The maximum atomic E-state index is 6.65. The van der Waals surface area contributed by atoms with Gasteiger partial charge >= 0.3 is 0 Å². The Labute approximate surface area is 158 Å². The van der Waals surface area contributed by atoms with E-state index in [1.54, 1.807) is 0 Å². The lowest BCUT2D eigenvalue weighted by molar-refractivity contribution is 0.487. The zero-order chi connectivity index (χ0) is 18.0. The van der Waals surface area contributed by atoms with Gasteiger partial charge in [-0.2, -0.15) is 0 Å². The van der Waals surface area contributed by atoms with Crippen molar-refractivity contribution in [3.63, 3.8) is 0 Å². The van der Waals surface area contributed by atoms with Crippen LogP contribution in [-0.4, -0.2) is 20.7 Å². The molecule has 0 saturated heterocycles. The number of rotatable bonds is 4. The fraction of sp³-hybridized carbons (Fsp3) is 0.261. The molecule has 1 aliphatic rings. The SMILES string of the molecule is [B]C([B])(c1ccccc1-c1ccc(-c2ccccc2)cn1)C1CCCC1. The molecule has 0 aliphatic heterocycles. The number of hydrogen-bond donors (Lipinski definition) is 0. The summed E-state index contributed by atoms with van der Waals surface area (Å²) in [5.41, 5.74) is 5.21. The first-order chi connectivity index (χ1) is 12.7. The highest BCUT2D eigenvalue weighted by molar-refractivity contribution is 6.40. The van der Waals surface area contributed by atoms with E-state index in [2.05, 4.69) is 36.4 Å². The normalized spacial score (nSPS) is 15.2. The largest absolute Gasteiger partial charge is 0.256 e. The first-order valence-corrected chi connectivity index (χ1v) is 9.35. The molecule has 0 amide bonds. The van der Waals surface area contributed by atoms with E-state index in [-0.39, 0.29) is 0 Å². The molecule has 3 heteroatoms. The summed E-state index contributed by atoms with van der Waals surface area (Å²) in [7, 11) is 13.3. The van der Waals surface area contributed by atoms with Crippen LogP contribution in [0.15, 0.2) is 72.9 Å². The Hall–Kier alpha value is -2.28. The van der Waals surface area contributed by atoms with E-state index in [9.17, 15) is 0 Å². The summed E-state index contributed by atoms with van der Waals surface area (Å²) in [5.74, 6) is 0.326. The van der Waals surface area contributed by atoms with Crippen molar-refractivity contribution >= 4 is 15.7 Å². The minimum Gasteiger partial charge on any atom is -0.256 e. The van der Waals surface area contributed by atoms with Gasteiger partial charge in [-0.3, -0.25) is 4.98 Å². The highest BCUT2D eigenvalue weighted by Gasteiger charge is 2.33. The van der Waals surface area contributed by atoms with Crippen LogP contribution in [0.3, 0.4) is 0 Å². The van der Waals surface area contributed by atoms with E-state index in [4.69, 9.17) is 20.7 Å². The standard InChI is InChI=1S/C23H21B2N/c24-23(25,19-10-4-5-11-19)21-13-7-6-12-20(21)22-15-14-18(16-26-22)17-8-2-1-3-9-17/h1-3,6-9,12-16,19H,4-5,10-11H2. The maximum Gasteiger partial charge on any atom is 0.0704 e. The minimum atomic E-state index is -0.813. The molecule has 0 bridgehead atoms. The fourth-order valence-corrected chi connectivity index (χ4v) is 4.06. The van der Waals surface area contributed by atoms with Crippen LogP contribution in [0.5, 0.6) is 0 Å². The molecule has 0 spiro atoms. The van der Waals surface area contributed by atoms with Crippen molar-refractivity contribution in [1.82, 2.24) is 4.98 Å². The van der Waals surface area contributed by atoms with Crippen LogP contribution < -0.4 is 0 Å². The Bertz CT molecular complexity index is 866. The van der Waals surface area contributed by atoms with E-state index in [0.717, 1.165) is 40.8 Å². The summed E-state index contributed by atoms with van der Waals surface area (Å²) in [6, 6.07) is 22.6. The average molecular weight is 333 g/mol. The molecular weight excluding hydrogens is 312 g/mol. The molecule has 2 aromatic carbocycles. The summed E-state index contributed by atoms with van der Waals surface area (Å²) in [4.78, 5) is 4.71. The first-order valence-electron chi connectivity index (χ1n) is 9.35. The third-order valence-corrected chi connectivity index (χ3v) is 5.57. The summed E-state index contributed by atoms with van der Waals surface area (Å²) in [6.45, 7) is 0. The third kappa shape index (κ3) is 3.23. The lowest BCUT2D eigenvalue weighted by atomic mass is 9.44. The molecule has 1 heterocycles. The third-order valence-electron chi connectivity index (χ3n) is 5.57. The van der Waals surface area contributed by atoms with Gasteiger partial charge in [-0.15, -0.1) is 0 Å². The van der Waals surface area contributed by atoms with E-state index >= 15 is 0 Å². The van der Waals surface area contributed by atoms with Gasteiger partial charge in [-0.05, 0) is 23.1 Å². The van der Waals surface area contributed by atoms with Crippen LogP contribution in [0.2, 0.25) is 0 Å². The Balaban J connectivity index is 1.70. The van der Waals surface area contributed by atoms with E-state index < -0.39 is 5.21 Å². The smallest absolute Gasteiger partial charge is 0.0704 e. The quantitative estimate of drug-likeness (QED) is 0.606. The molecule has 26 heavy (non-hydrogen) atoms. The van der Waals surface area contributed by atoms with Crippen LogP contribution in [0.25, 0.3) is 22.4 Å². The number of hydrogen-bond acceptors (Lipinski definition) is 1. The van der Waals surface area contributed by atoms with E-state index in [1.807, 2.05) is 36.5 Å². The highest BCUT2D eigenvalue weighted by atomic mass is 14.7. The molecule has 1 aliphatic carbocycles. The maximum absolute atomic E-state index is 6.65. The molecule has 1 fully saturated rings. The van der Waals surface area contributed by atoms with E-state index in [1.165, 1.54) is 12.8 Å². The fourth-order valence-electron chi connectivity index (χ4n) is 4.06. The molecule has 4 radical (unpaired) electrons. The number of nitrogens with zero attached hydrogens (tertiary/aromatic N) is 1. The second kappa shape index (κ2) is 7.15. The zero-order valence-electron chi connectivity index (χ0n) is 14.9. The summed E-state index contributed by atoms with van der Waals surface area (Å²) < 4.78 is 0. The van der Waals surface area contributed by atoms with Crippen LogP contribution in [0.4, 0.5) is 0 Å². The van der Waals surface area contributed by atoms with Crippen molar-refractivity contribution in [2.45, 2.75) is 30.9 Å². The minimum absolute atomic E-state index is 0.326. The molecule has 1 saturated carbocycles. The van der Waals surface area contributed by atoms with Crippen molar-refractivity contribution in [2.75, 3.05) is 0 Å². The molecular formula is C23H21B2N. The predicted molar refractivity (Wildman–Crippen MR) is 110 cm³/mol. The van der Waals surface area contributed by atoms with Crippen molar-refractivity contribution < 1.29 is 0 Å². The zero-order valence-corrected chi connectivity index (χ0v) is 14.9. The van der Waals surface area contributed by atoms with Crippen LogP contribution in [0, 0.1) is 5.92 Å². The number of benzene rings is 2. The number of aromatic nitrogens is 1. The molecule has 3 aromatic rings. The molecule has 0 unspecified atom stereocenters. The second-order valence-electron chi connectivity index (χ2n) is 7.26. The van der Waals surface area contributed by atoms with Crippen molar-refractivity contribution in [1.29, 1.82) is 0 Å². The van der Waals surface area contributed by atoms with Gasteiger partial charge in [0.05, 0.1) is 21.4 Å². The van der Waals surface area contributed by atoms with Gasteiger partial charge in [0, 0.05) is 17.3 Å². The summed E-state index contributed by atoms with van der Waals surface area (Å²) >= 11 is 0. The van der Waals surface area contributed by atoms with Gasteiger partial charge in [0.2, 0.25) is 0 Å². The number of pyridine rings is 1.